The van der Waals surface area contributed by atoms with E-state index in [4.69, 9.17) is 5.11 Å². The monoisotopic (exact) mass is 209 g/mol. The first-order chi connectivity index (χ1) is 7.26. The Labute approximate surface area is 89.7 Å². The van der Waals surface area contributed by atoms with Gasteiger partial charge in [0.1, 0.15) is 5.82 Å². The Hall–Kier alpha value is -1.19. The van der Waals surface area contributed by atoms with Crippen LogP contribution in [-0.4, -0.2) is 29.7 Å². The minimum absolute atomic E-state index is 0.100. The van der Waals surface area contributed by atoms with Crippen LogP contribution in [0.4, 0.5) is 4.39 Å². The Morgan fingerprint density at radius 1 is 1.47 bits per heavy atom. The average molecular weight is 209 g/mol. The van der Waals surface area contributed by atoms with Crippen molar-refractivity contribution in [1.29, 1.82) is 0 Å². The zero-order valence-corrected chi connectivity index (χ0v) is 8.69. The molecule has 0 spiro atoms. The van der Waals surface area contributed by atoms with Crippen LogP contribution < -0.4 is 0 Å². The maximum atomic E-state index is 12.9. The lowest BCUT2D eigenvalue weighted by molar-refractivity contribution is 0.203. The molecule has 2 nitrogen and oxygen atoms in total. The molecular formula is C12H16FNO. The van der Waals surface area contributed by atoms with Crippen molar-refractivity contribution < 1.29 is 9.50 Å². The van der Waals surface area contributed by atoms with Crippen LogP contribution in [0.5, 0.6) is 0 Å². The molecule has 0 atom stereocenters. The molecular weight excluding hydrogens is 193 g/mol. The normalized spacial score (nSPS) is 10.6. The predicted octanol–water partition coefficient (Wildman–Crippen LogP) is 1.81. The number of hydrogen-bond acceptors (Lipinski definition) is 2. The SMILES string of the molecule is C=CCN(CCO)Cc1cccc(F)c1. The summed E-state index contributed by atoms with van der Waals surface area (Å²) in [5.74, 6) is -0.227. The molecule has 1 aromatic carbocycles. The summed E-state index contributed by atoms with van der Waals surface area (Å²) in [5.41, 5.74) is 0.908. The van der Waals surface area contributed by atoms with Gasteiger partial charge >= 0.3 is 0 Å². The zero-order valence-electron chi connectivity index (χ0n) is 8.69. The van der Waals surface area contributed by atoms with Gasteiger partial charge in [0.25, 0.3) is 0 Å². The van der Waals surface area contributed by atoms with Gasteiger partial charge in [-0.3, -0.25) is 4.90 Å². The highest BCUT2D eigenvalue weighted by molar-refractivity contribution is 5.16. The zero-order chi connectivity index (χ0) is 11.1. The Kier molecular flexibility index (Phi) is 5.01. The number of halogens is 1. The molecule has 0 saturated heterocycles. The van der Waals surface area contributed by atoms with Gasteiger partial charge in [0.05, 0.1) is 6.61 Å². The fraction of sp³-hybridized carbons (Fsp3) is 0.333. The van der Waals surface area contributed by atoms with Crippen molar-refractivity contribution in [2.75, 3.05) is 19.7 Å². The number of aliphatic hydroxyl groups is 1. The molecule has 0 heterocycles. The van der Waals surface area contributed by atoms with E-state index in [1.807, 2.05) is 11.0 Å². The maximum Gasteiger partial charge on any atom is 0.123 e. The molecule has 0 amide bonds. The quantitative estimate of drug-likeness (QED) is 0.722. The summed E-state index contributed by atoms with van der Waals surface area (Å²) in [6.45, 7) is 5.64. The van der Waals surface area contributed by atoms with Crippen LogP contribution in [0.1, 0.15) is 5.56 Å². The molecule has 0 aliphatic carbocycles. The van der Waals surface area contributed by atoms with Gasteiger partial charge in [-0.05, 0) is 17.7 Å². The van der Waals surface area contributed by atoms with E-state index < -0.39 is 0 Å². The molecule has 82 valence electrons. The van der Waals surface area contributed by atoms with Gasteiger partial charge in [0, 0.05) is 19.6 Å². The van der Waals surface area contributed by atoms with Crippen LogP contribution >= 0.6 is 0 Å². The lowest BCUT2D eigenvalue weighted by Crippen LogP contribution is -2.26. The summed E-state index contributed by atoms with van der Waals surface area (Å²) in [6.07, 6.45) is 1.77. The van der Waals surface area contributed by atoms with E-state index >= 15 is 0 Å². The summed E-state index contributed by atoms with van der Waals surface area (Å²) >= 11 is 0. The fourth-order valence-electron chi connectivity index (χ4n) is 1.45. The summed E-state index contributed by atoms with van der Waals surface area (Å²) in [7, 11) is 0. The van der Waals surface area contributed by atoms with Crippen molar-refractivity contribution in [2.24, 2.45) is 0 Å². The van der Waals surface area contributed by atoms with Crippen molar-refractivity contribution in [1.82, 2.24) is 4.90 Å². The predicted molar refractivity (Wildman–Crippen MR) is 59.0 cm³/mol. The molecule has 3 heteroatoms. The van der Waals surface area contributed by atoms with Crippen molar-refractivity contribution in [2.45, 2.75) is 6.54 Å². The van der Waals surface area contributed by atoms with Crippen LogP contribution in [0, 0.1) is 5.82 Å². The Morgan fingerprint density at radius 3 is 2.87 bits per heavy atom. The Bertz CT molecular complexity index is 314. The molecule has 0 fully saturated rings. The molecule has 1 N–H and O–H groups in total. The first kappa shape index (κ1) is 11.9. The Balaban J connectivity index is 2.60. The molecule has 1 aromatic rings. The second kappa shape index (κ2) is 6.32. The molecule has 15 heavy (non-hydrogen) atoms. The van der Waals surface area contributed by atoms with Crippen LogP contribution in [0.25, 0.3) is 0 Å². The molecule has 0 saturated carbocycles. The van der Waals surface area contributed by atoms with Gasteiger partial charge in [0.15, 0.2) is 0 Å². The highest BCUT2D eigenvalue weighted by Gasteiger charge is 2.03. The van der Waals surface area contributed by atoms with Gasteiger partial charge in [-0.15, -0.1) is 6.58 Å². The van der Waals surface area contributed by atoms with E-state index in [0.29, 0.717) is 19.6 Å². The van der Waals surface area contributed by atoms with E-state index in [-0.39, 0.29) is 12.4 Å². The second-order valence-corrected chi connectivity index (χ2v) is 3.38. The lowest BCUT2D eigenvalue weighted by atomic mass is 10.2. The number of nitrogens with zero attached hydrogens (tertiary/aromatic N) is 1. The minimum Gasteiger partial charge on any atom is -0.395 e. The van der Waals surface area contributed by atoms with Gasteiger partial charge in [0.2, 0.25) is 0 Å². The summed E-state index contributed by atoms with van der Waals surface area (Å²) in [4.78, 5) is 2.00. The van der Waals surface area contributed by atoms with Gasteiger partial charge in [-0.1, -0.05) is 18.2 Å². The fourth-order valence-corrected chi connectivity index (χ4v) is 1.45. The van der Waals surface area contributed by atoms with Crippen LogP contribution in [0.15, 0.2) is 36.9 Å². The standard InChI is InChI=1S/C12H16FNO/c1-2-6-14(7-8-15)10-11-4-3-5-12(13)9-11/h2-5,9,15H,1,6-8,10H2. The lowest BCUT2D eigenvalue weighted by Gasteiger charge is -2.19. The Morgan fingerprint density at radius 2 is 2.27 bits per heavy atom. The first-order valence-corrected chi connectivity index (χ1v) is 4.95. The van der Waals surface area contributed by atoms with Crippen LogP contribution in [0.3, 0.4) is 0 Å². The molecule has 1 rings (SSSR count). The van der Waals surface area contributed by atoms with Crippen LogP contribution in [0.2, 0.25) is 0 Å². The van der Waals surface area contributed by atoms with E-state index in [1.54, 1.807) is 12.1 Å². The number of hydrogen-bond donors (Lipinski definition) is 1. The minimum atomic E-state index is -0.227. The van der Waals surface area contributed by atoms with Crippen molar-refractivity contribution >= 4 is 0 Å². The van der Waals surface area contributed by atoms with E-state index in [2.05, 4.69) is 6.58 Å². The first-order valence-electron chi connectivity index (χ1n) is 4.95. The topological polar surface area (TPSA) is 23.5 Å². The number of aliphatic hydroxyl groups excluding tert-OH is 1. The van der Waals surface area contributed by atoms with Gasteiger partial charge < -0.3 is 5.11 Å². The smallest absolute Gasteiger partial charge is 0.123 e. The maximum absolute atomic E-state index is 12.9. The molecule has 0 radical (unpaired) electrons. The second-order valence-electron chi connectivity index (χ2n) is 3.38. The third-order valence-electron chi connectivity index (χ3n) is 2.10. The average Bonchev–Trinajstić information content (AvgIpc) is 2.18. The van der Waals surface area contributed by atoms with E-state index in [0.717, 1.165) is 5.56 Å². The van der Waals surface area contributed by atoms with Crippen molar-refractivity contribution in [3.05, 3.63) is 48.3 Å². The third-order valence-corrected chi connectivity index (χ3v) is 2.10. The highest BCUT2D eigenvalue weighted by atomic mass is 19.1. The highest BCUT2D eigenvalue weighted by Crippen LogP contribution is 2.06. The number of benzene rings is 1. The van der Waals surface area contributed by atoms with Crippen LogP contribution in [-0.2, 0) is 6.54 Å². The summed E-state index contributed by atoms with van der Waals surface area (Å²) in [5, 5.41) is 8.85. The van der Waals surface area contributed by atoms with Gasteiger partial charge in [-0.25, -0.2) is 4.39 Å². The number of rotatable bonds is 6. The van der Waals surface area contributed by atoms with Crippen molar-refractivity contribution in [3.63, 3.8) is 0 Å². The largest absolute Gasteiger partial charge is 0.395 e. The molecule has 0 aliphatic heterocycles. The molecule has 0 bridgehead atoms. The summed E-state index contributed by atoms with van der Waals surface area (Å²) in [6, 6.07) is 6.49. The molecule has 0 unspecified atom stereocenters. The van der Waals surface area contributed by atoms with E-state index in [9.17, 15) is 4.39 Å². The van der Waals surface area contributed by atoms with Crippen molar-refractivity contribution in [3.8, 4) is 0 Å². The summed E-state index contributed by atoms with van der Waals surface area (Å²) < 4.78 is 12.9. The third kappa shape index (κ3) is 4.23. The molecule has 0 aliphatic rings. The van der Waals surface area contributed by atoms with E-state index in [1.165, 1.54) is 12.1 Å². The molecule has 0 aromatic heterocycles. The van der Waals surface area contributed by atoms with Gasteiger partial charge in [-0.2, -0.15) is 0 Å².